The summed E-state index contributed by atoms with van der Waals surface area (Å²) in [6.07, 6.45) is 0. The van der Waals surface area contributed by atoms with Crippen LogP contribution in [0.3, 0.4) is 0 Å². The van der Waals surface area contributed by atoms with Crippen molar-refractivity contribution in [3.8, 4) is 0 Å². The second-order valence-corrected chi connectivity index (χ2v) is 4.14. The highest BCUT2D eigenvalue weighted by molar-refractivity contribution is 7.98. The molecule has 1 rings (SSSR count). The first-order valence-electron chi connectivity index (χ1n) is 4.15. The molecule has 13 heavy (non-hydrogen) atoms. The van der Waals surface area contributed by atoms with Crippen LogP contribution in [-0.4, -0.2) is 24.9 Å². The third-order valence-electron chi connectivity index (χ3n) is 1.53. The highest BCUT2D eigenvalue weighted by Crippen LogP contribution is 2.12. The van der Waals surface area contributed by atoms with Crippen LogP contribution in [0.15, 0.2) is 24.3 Å². The van der Waals surface area contributed by atoms with Gasteiger partial charge in [-0.05, 0) is 31.8 Å². The maximum absolute atomic E-state index is 12.5. The molecule has 0 amide bonds. The zero-order chi connectivity index (χ0) is 9.68. The summed E-state index contributed by atoms with van der Waals surface area (Å²) < 4.78 is 12.5. The van der Waals surface area contributed by atoms with E-state index < -0.39 is 0 Å². The Hall–Kier alpha value is -0.540. The lowest BCUT2D eigenvalue weighted by Crippen LogP contribution is -2.09. The smallest absolute Gasteiger partial charge is 0.123 e. The lowest BCUT2D eigenvalue weighted by molar-refractivity contribution is 0.485. The number of rotatable bonds is 4. The standard InChI is InChI=1S/C10H14FNS/c1-12(2)8-13-7-9-3-5-10(11)6-4-9/h3-6H,7-8H2,1-2H3. The number of hydrogen-bond donors (Lipinski definition) is 0. The summed E-state index contributed by atoms with van der Waals surface area (Å²) in [6.45, 7) is 0. The van der Waals surface area contributed by atoms with E-state index in [1.165, 1.54) is 17.7 Å². The van der Waals surface area contributed by atoms with E-state index in [0.29, 0.717) is 0 Å². The Labute approximate surface area is 82.9 Å². The third kappa shape index (κ3) is 4.29. The van der Waals surface area contributed by atoms with E-state index in [-0.39, 0.29) is 5.82 Å². The highest BCUT2D eigenvalue weighted by Gasteiger charge is 1.95. The minimum absolute atomic E-state index is 0.165. The predicted octanol–water partition coefficient (Wildman–Crippen LogP) is 2.58. The average molecular weight is 199 g/mol. The molecule has 0 saturated carbocycles. The molecule has 0 atom stereocenters. The predicted molar refractivity (Wildman–Crippen MR) is 56.2 cm³/mol. The van der Waals surface area contributed by atoms with Crippen molar-refractivity contribution >= 4 is 11.8 Å². The van der Waals surface area contributed by atoms with Crippen LogP contribution in [-0.2, 0) is 5.75 Å². The van der Waals surface area contributed by atoms with Crippen molar-refractivity contribution in [1.29, 1.82) is 0 Å². The van der Waals surface area contributed by atoms with E-state index in [4.69, 9.17) is 0 Å². The summed E-state index contributed by atoms with van der Waals surface area (Å²) in [6, 6.07) is 6.67. The molecule has 1 nitrogen and oxygen atoms in total. The van der Waals surface area contributed by atoms with Gasteiger partial charge in [0.15, 0.2) is 0 Å². The molecule has 1 aromatic rings. The first kappa shape index (κ1) is 10.5. The number of halogens is 1. The second kappa shape index (κ2) is 5.25. The minimum atomic E-state index is -0.165. The van der Waals surface area contributed by atoms with Gasteiger partial charge in [0.1, 0.15) is 5.82 Å². The molecule has 0 N–H and O–H groups in total. The van der Waals surface area contributed by atoms with Gasteiger partial charge in [-0.25, -0.2) is 4.39 Å². The minimum Gasteiger partial charge on any atom is -0.300 e. The first-order valence-corrected chi connectivity index (χ1v) is 5.31. The SMILES string of the molecule is CN(C)CSCc1ccc(F)cc1. The fraction of sp³-hybridized carbons (Fsp3) is 0.400. The van der Waals surface area contributed by atoms with Crippen molar-refractivity contribution in [2.24, 2.45) is 0 Å². The fourth-order valence-corrected chi connectivity index (χ4v) is 1.81. The van der Waals surface area contributed by atoms with Crippen molar-refractivity contribution in [3.63, 3.8) is 0 Å². The van der Waals surface area contributed by atoms with Crippen molar-refractivity contribution in [3.05, 3.63) is 35.6 Å². The molecular formula is C10H14FNS. The van der Waals surface area contributed by atoms with Gasteiger partial charge >= 0.3 is 0 Å². The number of benzene rings is 1. The van der Waals surface area contributed by atoms with Crippen LogP contribution < -0.4 is 0 Å². The third-order valence-corrected chi connectivity index (χ3v) is 2.77. The van der Waals surface area contributed by atoms with E-state index in [1.54, 1.807) is 0 Å². The van der Waals surface area contributed by atoms with Gasteiger partial charge in [-0.1, -0.05) is 12.1 Å². The molecule has 1 aromatic carbocycles. The first-order chi connectivity index (χ1) is 6.18. The molecule has 0 bridgehead atoms. The van der Waals surface area contributed by atoms with Crippen LogP contribution in [0.5, 0.6) is 0 Å². The van der Waals surface area contributed by atoms with Gasteiger partial charge in [0.25, 0.3) is 0 Å². The lowest BCUT2D eigenvalue weighted by atomic mass is 10.2. The summed E-state index contributed by atoms with van der Waals surface area (Å²) in [7, 11) is 4.08. The Morgan fingerprint density at radius 2 is 1.85 bits per heavy atom. The molecule has 0 saturated heterocycles. The van der Waals surface area contributed by atoms with Gasteiger partial charge < -0.3 is 4.90 Å². The number of hydrogen-bond acceptors (Lipinski definition) is 2. The summed E-state index contributed by atoms with van der Waals surface area (Å²) in [5, 5.41) is 0. The van der Waals surface area contributed by atoms with Crippen LogP contribution in [0.1, 0.15) is 5.56 Å². The van der Waals surface area contributed by atoms with Crippen LogP contribution in [0, 0.1) is 5.82 Å². The second-order valence-electron chi connectivity index (χ2n) is 3.18. The Morgan fingerprint density at radius 1 is 1.23 bits per heavy atom. The molecular weight excluding hydrogens is 185 g/mol. The molecule has 72 valence electrons. The van der Waals surface area contributed by atoms with Gasteiger partial charge in [-0.15, -0.1) is 11.8 Å². The molecule has 0 aliphatic heterocycles. The van der Waals surface area contributed by atoms with E-state index >= 15 is 0 Å². The maximum atomic E-state index is 12.5. The van der Waals surface area contributed by atoms with Gasteiger partial charge in [-0.3, -0.25) is 0 Å². The summed E-state index contributed by atoms with van der Waals surface area (Å²) in [5.41, 5.74) is 1.17. The van der Waals surface area contributed by atoms with Crippen molar-refractivity contribution in [2.45, 2.75) is 5.75 Å². The zero-order valence-electron chi connectivity index (χ0n) is 7.96. The van der Waals surface area contributed by atoms with Crippen molar-refractivity contribution in [1.82, 2.24) is 4.90 Å². The Morgan fingerprint density at radius 3 is 2.38 bits per heavy atom. The summed E-state index contributed by atoms with van der Waals surface area (Å²) >= 11 is 1.82. The average Bonchev–Trinajstić information content (AvgIpc) is 2.08. The Bertz CT molecular complexity index is 246. The van der Waals surface area contributed by atoms with E-state index in [2.05, 4.69) is 4.90 Å². The van der Waals surface area contributed by atoms with E-state index in [9.17, 15) is 4.39 Å². The van der Waals surface area contributed by atoms with E-state index in [1.807, 2.05) is 38.0 Å². The Kier molecular flexibility index (Phi) is 4.25. The van der Waals surface area contributed by atoms with Crippen LogP contribution in [0.25, 0.3) is 0 Å². The van der Waals surface area contributed by atoms with Crippen molar-refractivity contribution < 1.29 is 4.39 Å². The number of nitrogens with zero attached hydrogens (tertiary/aromatic N) is 1. The topological polar surface area (TPSA) is 3.24 Å². The molecule has 3 heteroatoms. The fourth-order valence-electron chi connectivity index (χ4n) is 0.927. The summed E-state index contributed by atoms with van der Waals surface area (Å²) in [5.74, 6) is 1.77. The largest absolute Gasteiger partial charge is 0.300 e. The molecule has 0 aromatic heterocycles. The highest BCUT2D eigenvalue weighted by atomic mass is 32.2. The van der Waals surface area contributed by atoms with E-state index in [0.717, 1.165) is 11.6 Å². The van der Waals surface area contributed by atoms with Crippen LogP contribution in [0.4, 0.5) is 4.39 Å². The molecule has 0 radical (unpaired) electrons. The van der Waals surface area contributed by atoms with Gasteiger partial charge in [0, 0.05) is 11.6 Å². The summed E-state index contributed by atoms with van der Waals surface area (Å²) in [4.78, 5) is 2.12. The van der Waals surface area contributed by atoms with Gasteiger partial charge in [0.2, 0.25) is 0 Å². The molecule has 0 aliphatic rings. The van der Waals surface area contributed by atoms with Crippen molar-refractivity contribution in [2.75, 3.05) is 20.0 Å². The molecule has 0 heterocycles. The lowest BCUT2D eigenvalue weighted by Gasteiger charge is -2.08. The molecule has 0 spiro atoms. The quantitative estimate of drug-likeness (QED) is 0.686. The van der Waals surface area contributed by atoms with Crippen LogP contribution in [0.2, 0.25) is 0 Å². The number of thioether (sulfide) groups is 1. The van der Waals surface area contributed by atoms with Gasteiger partial charge in [-0.2, -0.15) is 0 Å². The maximum Gasteiger partial charge on any atom is 0.123 e. The normalized spacial score (nSPS) is 10.8. The van der Waals surface area contributed by atoms with Crippen LogP contribution >= 0.6 is 11.8 Å². The molecule has 0 unspecified atom stereocenters. The monoisotopic (exact) mass is 199 g/mol. The molecule has 0 fully saturated rings. The Balaban J connectivity index is 2.33. The molecule has 0 aliphatic carbocycles. The van der Waals surface area contributed by atoms with Gasteiger partial charge in [0.05, 0.1) is 0 Å². The zero-order valence-corrected chi connectivity index (χ0v) is 8.77.